The Morgan fingerprint density at radius 3 is 2.85 bits per heavy atom. The number of nitrogen functional groups attached to an aromatic ring is 1. The van der Waals surface area contributed by atoms with Gasteiger partial charge in [-0.15, -0.1) is 0 Å². The Morgan fingerprint density at radius 2 is 2.20 bits per heavy atom. The van der Waals surface area contributed by atoms with Crippen molar-refractivity contribution in [3.8, 4) is 0 Å². The van der Waals surface area contributed by atoms with Crippen molar-refractivity contribution < 1.29 is 23.7 Å². The number of nitrogens with two attached hydrogens (primary N) is 1. The predicted octanol–water partition coefficient (Wildman–Crippen LogP) is -0.864. The van der Waals surface area contributed by atoms with Gasteiger partial charge in [0.25, 0.3) is 6.08 Å². The first-order chi connectivity index (χ1) is 9.54. The Labute approximate surface area is 110 Å². The lowest BCUT2D eigenvalue weighted by atomic mass is 10.1. The molecule has 1 aliphatic rings. The molecular formula is C10H11F2N5O3. The highest BCUT2D eigenvalue weighted by molar-refractivity contribution is 5.81. The highest BCUT2D eigenvalue weighted by Gasteiger charge is 2.46. The molecule has 0 radical (unpaired) electrons. The number of fused-ring (bicyclic) bond motifs is 1. The Kier molecular flexibility index (Phi) is 3.00. The molecule has 0 aliphatic carbocycles. The molecule has 1 fully saturated rings. The van der Waals surface area contributed by atoms with Gasteiger partial charge in [0.15, 0.2) is 29.4 Å². The number of imidazole rings is 1. The van der Waals surface area contributed by atoms with Crippen molar-refractivity contribution in [3.05, 3.63) is 12.4 Å². The highest BCUT2D eigenvalue weighted by Crippen LogP contribution is 2.34. The first-order valence-corrected chi connectivity index (χ1v) is 5.77. The molecule has 0 amide bonds. The molecule has 1 aliphatic heterocycles. The number of aromatic nitrogens is 4. The van der Waals surface area contributed by atoms with Crippen LogP contribution in [0.25, 0.3) is 11.2 Å². The van der Waals surface area contributed by atoms with E-state index in [9.17, 15) is 13.9 Å². The van der Waals surface area contributed by atoms with Gasteiger partial charge in [-0.3, -0.25) is 4.57 Å². The monoisotopic (exact) mass is 287 g/mol. The van der Waals surface area contributed by atoms with E-state index in [0.717, 1.165) is 10.9 Å². The molecule has 0 unspecified atom stereocenters. The minimum atomic E-state index is -1.93. The van der Waals surface area contributed by atoms with Crippen molar-refractivity contribution in [1.29, 1.82) is 0 Å². The lowest BCUT2D eigenvalue weighted by molar-refractivity contribution is -0.0498. The molecule has 0 spiro atoms. The predicted molar refractivity (Wildman–Crippen MR) is 61.6 cm³/mol. The second-order valence-electron chi connectivity index (χ2n) is 4.36. The zero-order valence-electron chi connectivity index (χ0n) is 10.0. The maximum Gasteiger partial charge on any atom is 0.293 e. The number of rotatable bonds is 2. The fourth-order valence-corrected chi connectivity index (χ4v) is 2.19. The summed E-state index contributed by atoms with van der Waals surface area (Å²) in [6.45, 7) is -0.594. The van der Waals surface area contributed by atoms with Crippen molar-refractivity contribution in [3.63, 3.8) is 0 Å². The molecule has 1 saturated heterocycles. The van der Waals surface area contributed by atoms with Gasteiger partial charge in [-0.2, -0.15) is 9.37 Å². The van der Waals surface area contributed by atoms with Crippen LogP contribution in [0.2, 0.25) is 0 Å². The summed E-state index contributed by atoms with van der Waals surface area (Å²) in [5.41, 5.74) is 5.46. The Balaban J connectivity index is 2.11. The van der Waals surface area contributed by atoms with Crippen LogP contribution in [0.5, 0.6) is 0 Å². The van der Waals surface area contributed by atoms with Crippen LogP contribution >= 0.6 is 0 Å². The van der Waals surface area contributed by atoms with Crippen molar-refractivity contribution in [2.24, 2.45) is 0 Å². The fraction of sp³-hybridized carbons (Fsp3) is 0.500. The van der Waals surface area contributed by atoms with Gasteiger partial charge >= 0.3 is 0 Å². The van der Waals surface area contributed by atoms with Crippen LogP contribution in [0.1, 0.15) is 6.23 Å². The van der Waals surface area contributed by atoms with Gasteiger partial charge in [0.2, 0.25) is 0 Å². The lowest BCUT2D eigenvalue weighted by Gasteiger charge is -2.15. The number of hydrogen-bond acceptors (Lipinski definition) is 7. The number of ether oxygens (including phenoxy) is 1. The SMILES string of the molecule is Nc1ncnc2c1nc(F)n2[C@@H]1O[C@H](CO)[C@@H](O)[C@H]1F. The van der Waals surface area contributed by atoms with E-state index >= 15 is 0 Å². The summed E-state index contributed by atoms with van der Waals surface area (Å²) in [5.74, 6) is -0.0553. The smallest absolute Gasteiger partial charge is 0.293 e. The normalized spacial score (nSPS) is 30.2. The third kappa shape index (κ3) is 1.72. The van der Waals surface area contributed by atoms with E-state index in [1.165, 1.54) is 0 Å². The molecule has 2 aromatic rings. The van der Waals surface area contributed by atoms with Crippen LogP contribution in [-0.2, 0) is 4.74 Å². The van der Waals surface area contributed by atoms with Crippen LogP contribution in [0.4, 0.5) is 14.6 Å². The zero-order chi connectivity index (χ0) is 14.4. The summed E-state index contributed by atoms with van der Waals surface area (Å²) in [6, 6.07) is 0. The second kappa shape index (κ2) is 4.58. The lowest BCUT2D eigenvalue weighted by Crippen LogP contribution is -2.30. The number of alkyl halides is 1. The van der Waals surface area contributed by atoms with Crippen molar-refractivity contribution in [1.82, 2.24) is 19.5 Å². The van der Waals surface area contributed by atoms with Gasteiger partial charge in [0.1, 0.15) is 18.5 Å². The summed E-state index contributed by atoms with van der Waals surface area (Å²) >= 11 is 0. The summed E-state index contributed by atoms with van der Waals surface area (Å²) in [6.07, 6.45) is -6.12. The van der Waals surface area contributed by atoms with Gasteiger partial charge < -0.3 is 20.7 Å². The molecule has 4 N–H and O–H groups in total. The van der Waals surface area contributed by atoms with Gasteiger partial charge in [-0.25, -0.2) is 14.4 Å². The number of nitrogens with zero attached hydrogens (tertiary/aromatic N) is 4. The number of hydrogen-bond donors (Lipinski definition) is 3. The van der Waals surface area contributed by atoms with Crippen LogP contribution in [0.15, 0.2) is 6.33 Å². The van der Waals surface area contributed by atoms with Crippen molar-refractivity contribution in [2.75, 3.05) is 12.3 Å². The molecule has 2 aromatic heterocycles. The Morgan fingerprint density at radius 1 is 1.45 bits per heavy atom. The molecule has 3 heterocycles. The maximum atomic E-state index is 14.0. The third-order valence-corrected chi connectivity index (χ3v) is 3.19. The second-order valence-corrected chi connectivity index (χ2v) is 4.36. The largest absolute Gasteiger partial charge is 0.394 e. The fourth-order valence-electron chi connectivity index (χ4n) is 2.19. The molecule has 0 aromatic carbocycles. The summed E-state index contributed by atoms with van der Waals surface area (Å²) in [7, 11) is 0. The number of aliphatic hydroxyl groups is 2. The molecule has 10 heteroatoms. The minimum absolute atomic E-state index is 0.0252. The zero-order valence-corrected chi connectivity index (χ0v) is 10.0. The quantitative estimate of drug-likeness (QED) is 0.614. The molecule has 0 saturated carbocycles. The average molecular weight is 287 g/mol. The van der Waals surface area contributed by atoms with E-state index in [2.05, 4.69) is 15.0 Å². The van der Waals surface area contributed by atoms with E-state index in [-0.39, 0.29) is 17.0 Å². The molecule has 8 nitrogen and oxygen atoms in total. The summed E-state index contributed by atoms with van der Waals surface area (Å²) in [5, 5.41) is 18.6. The average Bonchev–Trinajstić information content (AvgIpc) is 2.90. The Hall–Kier alpha value is -1.91. The van der Waals surface area contributed by atoms with Gasteiger partial charge in [0.05, 0.1) is 6.61 Å². The van der Waals surface area contributed by atoms with Crippen molar-refractivity contribution >= 4 is 17.0 Å². The van der Waals surface area contributed by atoms with Gasteiger partial charge in [-0.1, -0.05) is 0 Å². The highest BCUT2D eigenvalue weighted by atomic mass is 19.1. The third-order valence-electron chi connectivity index (χ3n) is 3.19. The first-order valence-electron chi connectivity index (χ1n) is 5.77. The summed E-state index contributed by atoms with van der Waals surface area (Å²) < 4.78 is 33.8. The van der Waals surface area contributed by atoms with Crippen molar-refractivity contribution in [2.45, 2.75) is 24.6 Å². The van der Waals surface area contributed by atoms with Crippen LogP contribution in [-0.4, -0.2) is 54.7 Å². The standard InChI is InChI=1S/C10H11F2N5O3/c11-4-6(19)3(1-18)20-9(4)17-8-5(16-10(17)12)7(13)14-2-15-8/h2-4,6,9,18-19H,1H2,(H2,13,14,15)/t3-,4-,6-,9-/m1/s1. The molecule has 20 heavy (non-hydrogen) atoms. The van der Waals surface area contributed by atoms with E-state index in [1.54, 1.807) is 0 Å². The number of anilines is 1. The topological polar surface area (TPSA) is 119 Å². The maximum absolute atomic E-state index is 14.0. The van der Waals surface area contributed by atoms with E-state index in [0.29, 0.717) is 0 Å². The molecule has 0 bridgehead atoms. The number of aliphatic hydroxyl groups excluding tert-OH is 2. The van der Waals surface area contributed by atoms with E-state index < -0.39 is 37.3 Å². The first kappa shape index (κ1) is 13.1. The van der Waals surface area contributed by atoms with Crippen LogP contribution < -0.4 is 5.73 Å². The number of halogens is 2. The molecule has 108 valence electrons. The summed E-state index contributed by atoms with van der Waals surface area (Å²) in [4.78, 5) is 11.0. The minimum Gasteiger partial charge on any atom is -0.394 e. The molecule has 4 atom stereocenters. The van der Waals surface area contributed by atoms with E-state index in [1.807, 2.05) is 0 Å². The molecular weight excluding hydrogens is 276 g/mol. The van der Waals surface area contributed by atoms with E-state index in [4.69, 9.17) is 15.6 Å². The van der Waals surface area contributed by atoms with Gasteiger partial charge in [-0.05, 0) is 0 Å². The molecule has 3 rings (SSSR count). The van der Waals surface area contributed by atoms with Crippen LogP contribution in [0, 0.1) is 6.08 Å². The van der Waals surface area contributed by atoms with Crippen LogP contribution in [0.3, 0.4) is 0 Å². The Bertz CT molecular complexity index is 651. The van der Waals surface area contributed by atoms with Gasteiger partial charge in [0, 0.05) is 0 Å².